The van der Waals surface area contributed by atoms with Crippen molar-refractivity contribution in [2.24, 2.45) is 0 Å². The number of alkyl halides is 3. The topological polar surface area (TPSA) is 69.6 Å². The van der Waals surface area contributed by atoms with E-state index in [1.165, 1.54) is 31.8 Å². The standard InChI is InChI=1S/C15H21FN4.C2HF3O2/c1-2-7-20-8-3-4-15(20)5-9-19(10-6-15)14-17-11-13(16)12-18-14;3-2(4,5)1(6)7/h2,11-12H,1,3-10H2;(H,6,7). The van der Waals surface area contributed by atoms with E-state index in [2.05, 4.69) is 26.3 Å². The Hall–Kier alpha value is -2.23. The zero-order chi connectivity index (χ0) is 20.1. The third-order valence-corrected chi connectivity index (χ3v) is 4.92. The number of hydrogen-bond donors (Lipinski definition) is 1. The summed E-state index contributed by atoms with van der Waals surface area (Å²) in [5.41, 5.74) is 0.338. The van der Waals surface area contributed by atoms with Crippen LogP contribution in [0.5, 0.6) is 0 Å². The van der Waals surface area contributed by atoms with Gasteiger partial charge >= 0.3 is 12.1 Å². The highest BCUT2D eigenvalue weighted by molar-refractivity contribution is 5.73. The van der Waals surface area contributed by atoms with E-state index >= 15 is 0 Å². The first kappa shape index (κ1) is 21.1. The van der Waals surface area contributed by atoms with Crippen molar-refractivity contribution in [3.8, 4) is 0 Å². The van der Waals surface area contributed by atoms with Crippen LogP contribution in [0, 0.1) is 5.82 Å². The first-order valence-corrected chi connectivity index (χ1v) is 8.56. The Kier molecular flexibility index (Phi) is 6.74. The summed E-state index contributed by atoms with van der Waals surface area (Å²) >= 11 is 0. The van der Waals surface area contributed by atoms with Crippen molar-refractivity contribution in [2.75, 3.05) is 31.1 Å². The zero-order valence-corrected chi connectivity index (χ0v) is 14.8. The maximum Gasteiger partial charge on any atom is 0.490 e. The average Bonchev–Trinajstić information content (AvgIpc) is 2.99. The normalized spacial score (nSPS) is 19.5. The smallest absolute Gasteiger partial charge is 0.475 e. The predicted molar refractivity (Wildman–Crippen MR) is 90.9 cm³/mol. The van der Waals surface area contributed by atoms with Crippen molar-refractivity contribution in [3.05, 3.63) is 30.9 Å². The Bertz CT molecular complexity index is 643. The van der Waals surface area contributed by atoms with Crippen molar-refractivity contribution in [2.45, 2.75) is 37.4 Å². The lowest BCUT2D eigenvalue weighted by molar-refractivity contribution is -0.192. The summed E-state index contributed by atoms with van der Waals surface area (Å²) < 4.78 is 44.6. The first-order chi connectivity index (χ1) is 12.7. The fourth-order valence-corrected chi connectivity index (χ4v) is 3.59. The van der Waals surface area contributed by atoms with E-state index in [9.17, 15) is 17.6 Å². The molecule has 1 aromatic heterocycles. The Morgan fingerprint density at radius 2 is 1.78 bits per heavy atom. The number of nitrogens with zero attached hydrogens (tertiary/aromatic N) is 4. The molecule has 0 saturated carbocycles. The van der Waals surface area contributed by atoms with Gasteiger partial charge in [-0.3, -0.25) is 4.90 Å². The molecule has 1 spiro atoms. The summed E-state index contributed by atoms with van der Waals surface area (Å²) in [4.78, 5) is 21.8. The number of hydrogen-bond acceptors (Lipinski definition) is 5. The number of carboxylic acids is 1. The number of aliphatic carboxylic acids is 1. The summed E-state index contributed by atoms with van der Waals surface area (Å²) in [6, 6.07) is 0. The van der Waals surface area contributed by atoms with E-state index in [0.717, 1.165) is 32.5 Å². The highest BCUT2D eigenvalue weighted by Gasteiger charge is 2.42. The molecule has 2 aliphatic rings. The van der Waals surface area contributed by atoms with Crippen molar-refractivity contribution in [3.63, 3.8) is 0 Å². The van der Waals surface area contributed by atoms with E-state index in [-0.39, 0.29) is 5.82 Å². The molecule has 3 heterocycles. The third-order valence-electron chi connectivity index (χ3n) is 4.92. The molecule has 0 bridgehead atoms. The number of carboxylic acid groups (broad SMARTS) is 1. The monoisotopic (exact) mass is 390 g/mol. The molecule has 150 valence electrons. The van der Waals surface area contributed by atoms with Gasteiger partial charge in [-0.15, -0.1) is 6.58 Å². The van der Waals surface area contributed by atoms with Gasteiger partial charge in [0, 0.05) is 25.2 Å². The number of anilines is 1. The fraction of sp³-hybridized carbons (Fsp3) is 0.588. The highest BCUT2D eigenvalue weighted by atomic mass is 19.4. The minimum absolute atomic E-state index is 0.338. The van der Waals surface area contributed by atoms with Gasteiger partial charge in [0.05, 0.1) is 12.4 Å². The highest BCUT2D eigenvalue weighted by Crippen LogP contribution is 2.38. The largest absolute Gasteiger partial charge is 0.490 e. The molecule has 6 nitrogen and oxygen atoms in total. The van der Waals surface area contributed by atoms with Crippen LogP contribution in [0.25, 0.3) is 0 Å². The summed E-state index contributed by atoms with van der Waals surface area (Å²) in [6.45, 7) is 7.91. The maximum absolute atomic E-state index is 12.9. The number of aromatic nitrogens is 2. The Morgan fingerprint density at radius 3 is 2.26 bits per heavy atom. The van der Waals surface area contributed by atoms with Gasteiger partial charge in [0.15, 0.2) is 5.82 Å². The quantitative estimate of drug-likeness (QED) is 0.632. The number of rotatable bonds is 3. The second-order valence-corrected chi connectivity index (χ2v) is 6.55. The van der Waals surface area contributed by atoms with Gasteiger partial charge in [-0.25, -0.2) is 19.2 Å². The molecule has 1 aromatic rings. The van der Waals surface area contributed by atoms with E-state index in [1.807, 2.05) is 6.08 Å². The van der Waals surface area contributed by atoms with Gasteiger partial charge in [0.1, 0.15) is 0 Å². The number of likely N-dealkylation sites (tertiary alicyclic amines) is 1. The molecule has 27 heavy (non-hydrogen) atoms. The molecule has 10 heteroatoms. The second kappa shape index (κ2) is 8.64. The molecule has 0 aliphatic carbocycles. The molecule has 0 amide bonds. The lowest BCUT2D eigenvalue weighted by Crippen LogP contribution is -2.52. The molecule has 0 atom stereocenters. The molecule has 2 fully saturated rings. The van der Waals surface area contributed by atoms with Gasteiger partial charge in [0.2, 0.25) is 5.95 Å². The predicted octanol–water partition coefficient (Wildman–Crippen LogP) is 2.87. The lowest BCUT2D eigenvalue weighted by atomic mass is 9.85. The van der Waals surface area contributed by atoms with Crippen molar-refractivity contribution < 1.29 is 27.5 Å². The van der Waals surface area contributed by atoms with Crippen molar-refractivity contribution in [1.29, 1.82) is 0 Å². The van der Waals surface area contributed by atoms with Crippen LogP contribution in [0.15, 0.2) is 25.0 Å². The lowest BCUT2D eigenvalue weighted by Gasteiger charge is -2.44. The second-order valence-electron chi connectivity index (χ2n) is 6.55. The van der Waals surface area contributed by atoms with Crippen LogP contribution in [0.3, 0.4) is 0 Å². The number of piperidine rings is 1. The third kappa shape index (κ3) is 5.38. The summed E-state index contributed by atoms with van der Waals surface area (Å²) in [5, 5.41) is 7.12. The van der Waals surface area contributed by atoms with Crippen LogP contribution < -0.4 is 4.90 Å². The molecular formula is C17H22F4N4O2. The Labute approximate surface area is 154 Å². The van der Waals surface area contributed by atoms with Gasteiger partial charge in [-0.05, 0) is 32.2 Å². The van der Waals surface area contributed by atoms with Crippen LogP contribution in [0.4, 0.5) is 23.5 Å². The summed E-state index contributed by atoms with van der Waals surface area (Å²) in [6.07, 6.45) is 4.21. The first-order valence-electron chi connectivity index (χ1n) is 8.56. The molecular weight excluding hydrogens is 368 g/mol. The van der Waals surface area contributed by atoms with Crippen LogP contribution >= 0.6 is 0 Å². The number of carbonyl (C=O) groups is 1. The molecule has 1 N–H and O–H groups in total. The molecule has 3 rings (SSSR count). The maximum atomic E-state index is 12.9. The Balaban J connectivity index is 0.000000321. The van der Waals surface area contributed by atoms with Gasteiger partial charge in [-0.1, -0.05) is 6.08 Å². The zero-order valence-electron chi connectivity index (χ0n) is 14.8. The number of halogens is 4. The van der Waals surface area contributed by atoms with Crippen molar-refractivity contribution in [1.82, 2.24) is 14.9 Å². The summed E-state index contributed by atoms with van der Waals surface area (Å²) in [7, 11) is 0. The van der Waals surface area contributed by atoms with E-state index < -0.39 is 12.1 Å². The average molecular weight is 390 g/mol. The molecule has 2 aliphatic heterocycles. The fourth-order valence-electron chi connectivity index (χ4n) is 3.59. The van der Waals surface area contributed by atoms with E-state index in [0.29, 0.717) is 11.5 Å². The van der Waals surface area contributed by atoms with Crippen LogP contribution in [0.2, 0.25) is 0 Å². The summed E-state index contributed by atoms with van der Waals surface area (Å²) in [5.74, 6) is -2.49. The van der Waals surface area contributed by atoms with Gasteiger partial charge in [-0.2, -0.15) is 13.2 Å². The van der Waals surface area contributed by atoms with Gasteiger partial charge < -0.3 is 10.0 Å². The molecule has 0 aromatic carbocycles. The minimum Gasteiger partial charge on any atom is -0.475 e. The molecule has 0 radical (unpaired) electrons. The van der Waals surface area contributed by atoms with Crippen LogP contribution in [0.1, 0.15) is 25.7 Å². The Morgan fingerprint density at radius 1 is 1.22 bits per heavy atom. The van der Waals surface area contributed by atoms with Crippen LogP contribution in [-0.4, -0.2) is 63.8 Å². The SMILES string of the molecule is C=CCN1CCCC12CCN(c1ncc(F)cn1)CC2.O=C(O)C(F)(F)F. The minimum atomic E-state index is -5.08. The van der Waals surface area contributed by atoms with Crippen molar-refractivity contribution >= 4 is 11.9 Å². The van der Waals surface area contributed by atoms with Gasteiger partial charge in [0.25, 0.3) is 0 Å². The molecule has 2 saturated heterocycles. The van der Waals surface area contributed by atoms with Crippen LogP contribution in [-0.2, 0) is 4.79 Å². The van der Waals surface area contributed by atoms with E-state index in [4.69, 9.17) is 9.90 Å². The molecule has 0 unspecified atom stereocenters. The van der Waals surface area contributed by atoms with E-state index in [1.54, 1.807) is 0 Å².